The number of nitrogens with one attached hydrogen (secondary N) is 1. The first kappa shape index (κ1) is 20.6. The smallest absolute Gasteiger partial charge is 0.307 e. The van der Waals surface area contributed by atoms with Gasteiger partial charge in [0.25, 0.3) is 5.91 Å². The quantitative estimate of drug-likeness (QED) is 0.694. The van der Waals surface area contributed by atoms with Gasteiger partial charge in [-0.1, -0.05) is 36.4 Å². The minimum atomic E-state index is -3.76. The third-order valence-corrected chi connectivity index (χ3v) is 5.33. The van der Waals surface area contributed by atoms with E-state index in [0.717, 1.165) is 5.56 Å². The number of benzene rings is 2. The number of sulfonamides is 1. The summed E-state index contributed by atoms with van der Waals surface area (Å²) >= 11 is 0. The SMILES string of the molecule is COC(=O)CCN(C)C(=O)c1cccc(S(=O)(=O)NCc2ccccc2)c1. The van der Waals surface area contributed by atoms with Crippen molar-refractivity contribution in [1.29, 1.82) is 0 Å². The van der Waals surface area contributed by atoms with Crippen molar-refractivity contribution < 1.29 is 22.7 Å². The van der Waals surface area contributed by atoms with Crippen LogP contribution in [0.5, 0.6) is 0 Å². The molecule has 0 saturated heterocycles. The highest BCUT2D eigenvalue weighted by Crippen LogP contribution is 2.14. The number of hydrogen-bond donors (Lipinski definition) is 1. The summed E-state index contributed by atoms with van der Waals surface area (Å²) in [5, 5.41) is 0. The fraction of sp³-hybridized carbons (Fsp3) is 0.263. The number of rotatable bonds is 8. The van der Waals surface area contributed by atoms with Crippen LogP contribution < -0.4 is 4.72 Å². The van der Waals surface area contributed by atoms with Gasteiger partial charge in [0.15, 0.2) is 0 Å². The fourth-order valence-electron chi connectivity index (χ4n) is 2.34. The van der Waals surface area contributed by atoms with E-state index < -0.39 is 16.0 Å². The van der Waals surface area contributed by atoms with Crippen LogP contribution in [-0.4, -0.2) is 45.9 Å². The lowest BCUT2D eigenvalue weighted by atomic mass is 10.2. The molecule has 7 nitrogen and oxygen atoms in total. The molecule has 0 bridgehead atoms. The standard InChI is InChI=1S/C19H22N2O5S/c1-21(12-11-18(22)26-2)19(23)16-9-6-10-17(13-16)27(24,25)20-14-15-7-4-3-5-8-15/h3-10,13,20H,11-12,14H2,1-2H3. The Morgan fingerprint density at radius 1 is 1.07 bits per heavy atom. The van der Waals surface area contributed by atoms with Crippen molar-refractivity contribution in [2.24, 2.45) is 0 Å². The van der Waals surface area contributed by atoms with Crippen molar-refractivity contribution in [3.05, 3.63) is 65.7 Å². The maximum Gasteiger partial charge on any atom is 0.307 e. The van der Waals surface area contributed by atoms with Crippen LogP contribution in [-0.2, 0) is 26.1 Å². The Balaban J connectivity index is 2.08. The molecule has 0 heterocycles. The van der Waals surface area contributed by atoms with Gasteiger partial charge in [-0.25, -0.2) is 13.1 Å². The summed E-state index contributed by atoms with van der Waals surface area (Å²) in [4.78, 5) is 25.0. The molecule has 2 aromatic carbocycles. The van der Waals surface area contributed by atoms with Gasteiger partial charge in [0.05, 0.1) is 18.4 Å². The van der Waals surface area contributed by atoms with Gasteiger partial charge in [0, 0.05) is 25.7 Å². The second-order valence-electron chi connectivity index (χ2n) is 5.89. The lowest BCUT2D eigenvalue weighted by molar-refractivity contribution is -0.140. The molecule has 0 aliphatic heterocycles. The largest absolute Gasteiger partial charge is 0.469 e. The van der Waals surface area contributed by atoms with E-state index in [-0.39, 0.29) is 35.9 Å². The summed E-state index contributed by atoms with van der Waals surface area (Å²) in [6.45, 7) is 0.328. The van der Waals surface area contributed by atoms with E-state index in [4.69, 9.17) is 0 Å². The maximum absolute atomic E-state index is 12.5. The van der Waals surface area contributed by atoms with Crippen LogP contribution in [0.2, 0.25) is 0 Å². The molecule has 0 atom stereocenters. The fourth-order valence-corrected chi connectivity index (χ4v) is 3.40. The summed E-state index contributed by atoms with van der Waals surface area (Å²) in [5.74, 6) is -0.796. The Kier molecular flexibility index (Phi) is 7.09. The second kappa shape index (κ2) is 9.29. The van der Waals surface area contributed by atoms with E-state index in [1.54, 1.807) is 7.05 Å². The molecule has 0 spiro atoms. The normalized spacial score (nSPS) is 11.0. The summed E-state index contributed by atoms with van der Waals surface area (Å²) in [6, 6.07) is 14.9. The van der Waals surface area contributed by atoms with E-state index in [2.05, 4.69) is 9.46 Å². The molecular weight excluding hydrogens is 368 g/mol. The summed E-state index contributed by atoms with van der Waals surface area (Å²) < 4.78 is 32.1. The highest BCUT2D eigenvalue weighted by Gasteiger charge is 2.18. The molecule has 2 rings (SSSR count). The van der Waals surface area contributed by atoms with Crippen molar-refractivity contribution in [2.75, 3.05) is 20.7 Å². The number of esters is 1. The predicted molar refractivity (Wildman–Crippen MR) is 101 cm³/mol. The first-order valence-corrected chi connectivity index (χ1v) is 9.78. The van der Waals surface area contributed by atoms with Gasteiger partial charge in [-0.2, -0.15) is 0 Å². The number of ether oxygens (including phenoxy) is 1. The molecular formula is C19H22N2O5S. The van der Waals surface area contributed by atoms with E-state index in [9.17, 15) is 18.0 Å². The van der Waals surface area contributed by atoms with E-state index in [1.807, 2.05) is 30.3 Å². The van der Waals surface area contributed by atoms with Crippen molar-refractivity contribution in [2.45, 2.75) is 17.9 Å². The summed E-state index contributed by atoms with van der Waals surface area (Å²) in [6.07, 6.45) is 0.0648. The molecule has 27 heavy (non-hydrogen) atoms. The maximum atomic E-state index is 12.5. The molecule has 1 amide bonds. The Labute approximate surface area is 159 Å². The van der Waals surface area contributed by atoms with E-state index >= 15 is 0 Å². The number of hydrogen-bond acceptors (Lipinski definition) is 5. The minimum absolute atomic E-state index is 0.00523. The van der Waals surface area contributed by atoms with Crippen molar-refractivity contribution in [3.63, 3.8) is 0 Å². The molecule has 0 unspecified atom stereocenters. The lowest BCUT2D eigenvalue weighted by Crippen LogP contribution is -2.29. The first-order valence-electron chi connectivity index (χ1n) is 8.29. The van der Waals surface area contributed by atoms with Crippen molar-refractivity contribution in [3.8, 4) is 0 Å². The Morgan fingerprint density at radius 2 is 1.78 bits per heavy atom. The van der Waals surface area contributed by atoms with Gasteiger partial charge in [-0.3, -0.25) is 9.59 Å². The van der Waals surface area contributed by atoms with Crippen LogP contribution in [0, 0.1) is 0 Å². The van der Waals surface area contributed by atoms with Gasteiger partial charge in [0.2, 0.25) is 10.0 Å². The van der Waals surface area contributed by atoms with Gasteiger partial charge in [-0.15, -0.1) is 0 Å². The third-order valence-electron chi connectivity index (χ3n) is 3.93. The molecule has 0 radical (unpaired) electrons. The molecule has 0 aliphatic rings. The molecule has 1 N–H and O–H groups in total. The van der Waals surface area contributed by atoms with Gasteiger partial charge >= 0.3 is 5.97 Å². The van der Waals surface area contributed by atoms with Gasteiger partial charge in [0.1, 0.15) is 0 Å². The summed E-state index contributed by atoms with van der Waals surface area (Å²) in [7, 11) is -0.944. The van der Waals surface area contributed by atoms with Crippen LogP contribution in [0.3, 0.4) is 0 Å². The molecule has 2 aromatic rings. The minimum Gasteiger partial charge on any atom is -0.469 e. The number of carbonyl (C=O) groups is 2. The van der Waals surface area contributed by atoms with Crippen molar-refractivity contribution >= 4 is 21.9 Å². The molecule has 0 aliphatic carbocycles. The number of methoxy groups -OCH3 is 1. The number of nitrogens with zero attached hydrogens (tertiary/aromatic N) is 1. The van der Waals surface area contributed by atoms with E-state index in [1.165, 1.54) is 36.3 Å². The average molecular weight is 390 g/mol. The Bertz CT molecular complexity index is 897. The lowest BCUT2D eigenvalue weighted by Gasteiger charge is -2.17. The Hall–Kier alpha value is -2.71. The number of amides is 1. The van der Waals surface area contributed by atoms with Crippen LogP contribution >= 0.6 is 0 Å². The first-order chi connectivity index (χ1) is 12.8. The zero-order chi connectivity index (χ0) is 19.9. The van der Waals surface area contributed by atoms with Gasteiger partial charge < -0.3 is 9.64 Å². The topological polar surface area (TPSA) is 92.8 Å². The highest BCUT2D eigenvalue weighted by molar-refractivity contribution is 7.89. The third kappa shape index (κ3) is 5.90. The monoisotopic (exact) mass is 390 g/mol. The van der Waals surface area contributed by atoms with Gasteiger partial charge in [-0.05, 0) is 23.8 Å². The second-order valence-corrected chi connectivity index (χ2v) is 7.66. The molecule has 8 heteroatoms. The molecule has 0 fully saturated rings. The van der Waals surface area contributed by atoms with Crippen molar-refractivity contribution in [1.82, 2.24) is 9.62 Å². The predicted octanol–water partition coefficient (Wildman–Crippen LogP) is 1.80. The zero-order valence-corrected chi connectivity index (χ0v) is 16.0. The molecule has 144 valence electrons. The highest BCUT2D eigenvalue weighted by atomic mass is 32.2. The average Bonchev–Trinajstić information content (AvgIpc) is 2.70. The summed E-state index contributed by atoms with van der Waals surface area (Å²) in [5.41, 5.74) is 1.06. The molecule has 0 saturated carbocycles. The van der Waals surface area contributed by atoms with Crippen LogP contribution in [0.25, 0.3) is 0 Å². The van der Waals surface area contributed by atoms with E-state index in [0.29, 0.717) is 0 Å². The van der Waals surface area contributed by atoms with Crippen LogP contribution in [0.1, 0.15) is 22.3 Å². The number of carbonyl (C=O) groups excluding carboxylic acids is 2. The molecule has 0 aromatic heterocycles. The Morgan fingerprint density at radius 3 is 2.44 bits per heavy atom. The zero-order valence-electron chi connectivity index (χ0n) is 15.2. The van der Waals surface area contributed by atoms with Crippen LogP contribution in [0.15, 0.2) is 59.5 Å². The van der Waals surface area contributed by atoms with Crippen LogP contribution in [0.4, 0.5) is 0 Å².